The van der Waals surface area contributed by atoms with E-state index in [0.717, 1.165) is 32.6 Å². The van der Waals surface area contributed by atoms with Crippen molar-refractivity contribution < 1.29 is 19.1 Å². The van der Waals surface area contributed by atoms with Crippen LogP contribution in [0.1, 0.15) is 30.4 Å². The molecule has 7 nitrogen and oxygen atoms in total. The van der Waals surface area contributed by atoms with Gasteiger partial charge in [0.1, 0.15) is 11.6 Å². The van der Waals surface area contributed by atoms with E-state index in [2.05, 4.69) is 21.2 Å². The molecular weight excluding hydrogens is 414 g/mol. The smallest absolute Gasteiger partial charge is 0.325 e. The summed E-state index contributed by atoms with van der Waals surface area (Å²) >= 11 is 3.48. The molecule has 3 saturated heterocycles. The van der Waals surface area contributed by atoms with Crippen LogP contribution in [0.15, 0.2) is 16.6 Å². The lowest BCUT2D eigenvalue weighted by Crippen LogP contribution is -2.56. The third kappa shape index (κ3) is 2.86. The Balaban J connectivity index is 1.65. The molecule has 2 atom stereocenters. The number of urea groups is 1. The van der Waals surface area contributed by atoms with E-state index in [9.17, 15) is 14.4 Å². The Morgan fingerprint density at radius 3 is 2.56 bits per heavy atom. The second kappa shape index (κ2) is 6.60. The van der Waals surface area contributed by atoms with E-state index < -0.39 is 17.6 Å². The first kappa shape index (κ1) is 18.4. The van der Waals surface area contributed by atoms with Crippen molar-refractivity contribution in [3.63, 3.8) is 0 Å². The predicted octanol–water partition coefficient (Wildman–Crippen LogP) is 2.27. The van der Waals surface area contributed by atoms with Crippen LogP contribution >= 0.6 is 15.9 Å². The van der Waals surface area contributed by atoms with Gasteiger partial charge in [-0.05, 0) is 49.9 Å². The summed E-state index contributed by atoms with van der Waals surface area (Å²) in [7, 11) is 0. The lowest BCUT2D eigenvalue weighted by molar-refractivity contribution is -0.138. The number of nitrogens with zero attached hydrogens (tertiary/aromatic N) is 2. The predicted molar refractivity (Wildman–Crippen MR) is 103 cm³/mol. The summed E-state index contributed by atoms with van der Waals surface area (Å²) in [5, 5.41) is 2.77. The van der Waals surface area contributed by atoms with Gasteiger partial charge in [0.2, 0.25) is 5.91 Å². The molecule has 3 heterocycles. The van der Waals surface area contributed by atoms with Crippen LogP contribution in [-0.2, 0) is 14.3 Å². The molecule has 0 unspecified atom stereocenters. The first-order valence-electron chi connectivity index (χ1n) is 9.16. The zero-order valence-corrected chi connectivity index (χ0v) is 17.0. The molecule has 1 spiro atoms. The highest BCUT2D eigenvalue weighted by atomic mass is 79.9. The van der Waals surface area contributed by atoms with Crippen LogP contribution in [0.5, 0.6) is 0 Å². The van der Waals surface area contributed by atoms with Crippen LogP contribution < -0.4 is 10.2 Å². The highest BCUT2D eigenvalue weighted by Gasteiger charge is 2.57. The fraction of sp³-hybridized carbons (Fsp3) is 0.526. The molecule has 0 saturated carbocycles. The van der Waals surface area contributed by atoms with Crippen LogP contribution in [0.25, 0.3) is 0 Å². The molecule has 8 heteroatoms. The lowest BCUT2D eigenvalue weighted by Gasteiger charge is -2.37. The van der Waals surface area contributed by atoms with E-state index in [1.807, 2.05) is 26.0 Å². The number of halogens is 1. The molecule has 1 aromatic carbocycles. The van der Waals surface area contributed by atoms with Crippen molar-refractivity contribution in [3.8, 4) is 0 Å². The molecule has 1 N–H and O–H groups in total. The van der Waals surface area contributed by atoms with Gasteiger partial charge in [-0.1, -0.05) is 15.9 Å². The summed E-state index contributed by atoms with van der Waals surface area (Å²) in [5.74, 6) is -0.538. The third-order valence-corrected chi connectivity index (χ3v) is 6.12. The first-order chi connectivity index (χ1) is 12.8. The van der Waals surface area contributed by atoms with Gasteiger partial charge in [-0.3, -0.25) is 9.59 Å². The van der Waals surface area contributed by atoms with E-state index >= 15 is 0 Å². The van der Waals surface area contributed by atoms with Crippen molar-refractivity contribution in [1.82, 2.24) is 10.2 Å². The molecule has 144 valence electrons. The summed E-state index contributed by atoms with van der Waals surface area (Å²) in [4.78, 5) is 41.7. The second-order valence-corrected chi connectivity index (χ2v) is 8.44. The molecule has 1 aromatic rings. The van der Waals surface area contributed by atoms with Gasteiger partial charge in [0, 0.05) is 29.7 Å². The molecule has 27 heavy (non-hydrogen) atoms. The maximum Gasteiger partial charge on any atom is 0.325 e. The quantitative estimate of drug-likeness (QED) is 0.722. The number of hydrogen-bond donors (Lipinski definition) is 1. The van der Waals surface area contributed by atoms with Gasteiger partial charge < -0.3 is 15.0 Å². The van der Waals surface area contributed by atoms with Gasteiger partial charge in [-0.2, -0.15) is 0 Å². The van der Waals surface area contributed by atoms with Crippen LogP contribution in [0.2, 0.25) is 0 Å². The molecule has 3 aliphatic heterocycles. The Morgan fingerprint density at radius 1 is 1.22 bits per heavy atom. The van der Waals surface area contributed by atoms with E-state index in [-0.39, 0.29) is 18.4 Å². The van der Waals surface area contributed by atoms with Gasteiger partial charge in [0.05, 0.1) is 6.61 Å². The molecule has 0 aliphatic carbocycles. The zero-order chi connectivity index (χ0) is 19.3. The first-order valence-corrected chi connectivity index (χ1v) is 9.95. The molecule has 0 radical (unpaired) electrons. The number of piperidine rings is 1. The highest BCUT2D eigenvalue weighted by molar-refractivity contribution is 9.10. The average molecular weight is 436 g/mol. The molecular formula is C19H22BrN3O4. The number of amides is 4. The molecule has 0 aromatic heterocycles. The zero-order valence-electron chi connectivity index (χ0n) is 15.4. The summed E-state index contributed by atoms with van der Waals surface area (Å²) in [6.07, 6.45) is 1.66. The van der Waals surface area contributed by atoms with Crippen molar-refractivity contribution in [2.45, 2.75) is 44.7 Å². The topological polar surface area (TPSA) is 79.0 Å². The minimum atomic E-state index is -0.997. The normalized spacial score (nSPS) is 28.4. The fourth-order valence-corrected chi connectivity index (χ4v) is 5.09. The second-order valence-electron chi connectivity index (χ2n) is 7.53. The van der Waals surface area contributed by atoms with Gasteiger partial charge >= 0.3 is 6.03 Å². The Bertz CT molecular complexity index is 811. The van der Waals surface area contributed by atoms with Crippen LogP contribution in [0.3, 0.4) is 0 Å². The van der Waals surface area contributed by atoms with Gasteiger partial charge in [-0.15, -0.1) is 0 Å². The minimum absolute atomic E-state index is 0.170. The van der Waals surface area contributed by atoms with Crippen molar-refractivity contribution in [1.29, 1.82) is 0 Å². The largest absolute Gasteiger partial charge is 0.378 e. The van der Waals surface area contributed by atoms with Crippen LogP contribution in [0.4, 0.5) is 10.5 Å². The molecule has 4 amide bonds. The third-order valence-electron chi connectivity index (χ3n) is 5.66. The number of hydrogen-bond acceptors (Lipinski definition) is 4. The number of rotatable bonds is 2. The number of benzene rings is 1. The fourth-order valence-electron chi connectivity index (χ4n) is 4.40. The number of carbonyl (C=O) groups is 3. The summed E-state index contributed by atoms with van der Waals surface area (Å²) in [5.41, 5.74) is 1.82. The molecule has 4 rings (SSSR count). The Morgan fingerprint density at radius 2 is 1.93 bits per heavy atom. The SMILES string of the molecule is Cc1cc(Br)cc(C)c1N1CCC[C@@H](N2C(=O)N[C@]3(CCOC3)C2=O)C1=O. The number of carbonyl (C=O) groups excluding carboxylic acids is 3. The molecule has 3 aliphatic rings. The maximum absolute atomic E-state index is 13.3. The highest BCUT2D eigenvalue weighted by Crippen LogP contribution is 2.35. The van der Waals surface area contributed by atoms with Gasteiger partial charge in [0.15, 0.2) is 0 Å². The Kier molecular flexibility index (Phi) is 4.50. The Hall–Kier alpha value is -1.93. The van der Waals surface area contributed by atoms with Gasteiger partial charge in [-0.25, -0.2) is 9.69 Å². The summed E-state index contributed by atoms with van der Waals surface area (Å²) in [6, 6.07) is 2.68. The van der Waals surface area contributed by atoms with E-state index in [4.69, 9.17) is 4.74 Å². The van der Waals surface area contributed by atoms with Crippen molar-refractivity contribution in [2.75, 3.05) is 24.7 Å². The van der Waals surface area contributed by atoms with E-state index in [0.29, 0.717) is 26.0 Å². The average Bonchev–Trinajstić information content (AvgIpc) is 3.15. The number of anilines is 1. The Labute approximate surface area is 166 Å². The van der Waals surface area contributed by atoms with Crippen LogP contribution in [-0.4, -0.2) is 54.1 Å². The summed E-state index contributed by atoms with van der Waals surface area (Å²) < 4.78 is 6.29. The summed E-state index contributed by atoms with van der Waals surface area (Å²) in [6.45, 7) is 5.10. The van der Waals surface area contributed by atoms with Gasteiger partial charge in [0.25, 0.3) is 5.91 Å². The number of imide groups is 1. The lowest BCUT2D eigenvalue weighted by atomic mass is 9.96. The number of aryl methyl sites for hydroxylation is 2. The van der Waals surface area contributed by atoms with Crippen molar-refractivity contribution in [2.24, 2.45) is 0 Å². The van der Waals surface area contributed by atoms with E-state index in [1.165, 1.54) is 0 Å². The molecule has 0 bridgehead atoms. The molecule has 3 fully saturated rings. The number of nitrogens with one attached hydrogen (secondary N) is 1. The van der Waals surface area contributed by atoms with E-state index in [1.54, 1.807) is 4.90 Å². The standard InChI is InChI=1S/C19H22BrN3O4/c1-11-8-13(20)9-12(2)15(11)22-6-3-4-14(16(22)24)23-17(25)19(21-18(23)26)5-7-27-10-19/h8-9,14H,3-7,10H2,1-2H3,(H,21,26)/t14-,19+/m1/s1. The monoisotopic (exact) mass is 435 g/mol. The van der Waals surface area contributed by atoms with Crippen molar-refractivity contribution >= 4 is 39.5 Å². The van der Waals surface area contributed by atoms with Crippen molar-refractivity contribution in [3.05, 3.63) is 27.7 Å². The minimum Gasteiger partial charge on any atom is -0.378 e. The van der Waals surface area contributed by atoms with Crippen LogP contribution in [0, 0.1) is 13.8 Å². The number of ether oxygens (including phenoxy) is 1. The maximum atomic E-state index is 13.3.